The van der Waals surface area contributed by atoms with Crippen LogP contribution in [0.3, 0.4) is 0 Å². The van der Waals surface area contributed by atoms with Crippen molar-refractivity contribution in [3.8, 4) is 0 Å². The number of fused-ring (bicyclic) bond motifs is 1. The molecule has 0 aliphatic heterocycles. The molecule has 3 aromatic rings. The van der Waals surface area contributed by atoms with Gasteiger partial charge in [-0.05, 0) is 35.1 Å². The number of hydrogen-bond donors (Lipinski definition) is 1. The zero-order chi connectivity index (χ0) is 14.8. The SMILES string of the molecule is NC(Cc1c(Cl)cccc1Cl)c1cncc2ccccc12. The van der Waals surface area contributed by atoms with Gasteiger partial charge in [0.05, 0.1) is 0 Å². The van der Waals surface area contributed by atoms with E-state index in [4.69, 9.17) is 28.9 Å². The van der Waals surface area contributed by atoms with E-state index in [1.165, 1.54) is 0 Å². The van der Waals surface area contributed by atoms with Crippen molar-refractivity contribution in [3.05, 3.63) is 76.0 Å². The van der Waals surface area contributed by atoms with Gasteiger partial charge in [-0.15, -0.1) is 0 Å². The molecule has 2 nitrogen and oxygen atoms in total. The lowest BCUT2D eigenvalue weighted by molar-refractivity contribution is 0.725. The molecule has 3 rings (SSSR count). The Kier molecular flexibility index (Phi) is 4.11. The standard InChI is InChI=1S/C17H14Cl2N2/c18-15-6-3-7-16(19)13(15)8-17(20)14-10-21-9-11-4-1-2-5-12(11)14/h1-7,9-10,17H,8,20H2. The van der Waals surface area contributed by atoms with Crippen LogP contribution in [0, 0.1) is 0 Å². The Hall–Kier alpha value is -1.61. The van der Waals surface area contributed by atoms with E-state index in [9.17, 15) is 0 Å². The molecule has 0 fully saturated rings. The van der Waals surface area contributed by atoms with Crippen molar-refractivity contribution in [1.29, 1.82) is 0 Å². The van der Waals surface area contributed by atoms with Crippen LogP contribution in [0.15, 0.2) is 54.9 Å². The second kappa shape index (κ2) is 6.02. The molecule has 1 unspecified atom stereocenters. The number of halogens is 2. The van der Waals surface area contributed by atoms with Gasteiger partial charge in [0.25, 0.3) is 0 Å². The molecule has 0 saturated heterocycles. The fourth-order valence-electron chi connectivity index (χ4n) is 2.49. The Bertz CT molecular complexity index is 761. The van der Waals surface area contributed by atoms with Gasteiger partial charge < -0.3 is 5.73 Å². The second-order valence-corrected chi connectivity index (χ2v) is 5.78. The lowest BCUT2D eigenvalue weighted by Crippen LogP contribution is -2.14. The van der Waals surface area contributed by atoms with Crippen LogP contribution in [-0.4, -0.2) is 4.98 Å². The van der Waals surface area contributed by atoms with Crippen molar-refractivity contribution in [2.45, 2.75) is 12.5 Å². The van der Waals surface area contributed by atoms with E-state index in [-0.39, 0.29) is 6.04 Å². The summed E-state index contributed by atoms with van der Waals surface area (Å²) in [6.07, 6.45) is 4.24. The summed E-state index contributed by atoms with van der Waals surface area (Å²) < 4.78 is 0. The van der Waals surface area contributed by atoms with Gasteiger partial charge in [-0.25, -0.2) is 0 Å². The maximum atomic E-state index is 6.37. The van der Waals surface area contributed by atoms with E-state index < -0.39 is 0 Å². The molecule has 0 saturated carbocycles. The second-order valence-electron chi connectivity index (χ2n) is 4.96. The summed E-state index contributed by atoms with van der Waals surface area (Å²) in [6, 6.07) is 13.4. The number of hydrogen-bond acceptors (Lipinski definition) is 2. The minimum absolute atomic E-state index is 0.207. The molecule has 2 aromatic carbocycles. The summed E-state index contributed by atoms with van der Waals surface area (Å²) in [7, 11) is 0. The third kappa shape index (κ3) is 2.88. The fourth-order valence-corrected chi connectivity index (χ4v) is 3.04. The van der Waals surface area contributed by atoms with Crippen molar-refractivity contribution in [2.75, 3.05) is 0 Å². The van der Waals surface area contributed by atoms with Crippen LogP contribution < -0.4 is 5.73 Å². The lowest BCUT2D eigenvalue weighted by atomic mass is 9.97. The van der Waals surface area contributed by atoms with E-state index in [1.807, 2.05) is 48.8 Å². The van der Waals surface area contributed by atoms with Gasteiger partial charge in [-0.2, -0.15) is 0 Å². The molecular weight excluding hydrogens is 303 g/mol. The predicted molar refractivity (Wildman–Crippen MR) is 88.8 cm³/mol. The zero-order valence-corrected chi connectivity index (χ0v) is 12.8. The monoisotopic (exact) mass is 316 g/mol. The van der Waals surface area contributed by atoms with Crippen molar-refractivity contribution >= 4 is 34.0 Å². The zero-order valence-electron chi connectivity index (χ0n) is 11.3. The normalized spacial score (nSPS) is 12.5. The number of aromatic nitrogens is 1. The molecule has 4 heteroatoms. The van der Waals surface area contributed by atoms with Gasteiger partial charge >= 0.3 is 0 Å². The molecule has 0 aliphatic carbocycles. The first-order chi connectivity index (χ1) is 10.2. The molecule has 21 heavy (non-hydrogen) atoms. The Morgan fingerprint density at radius 1 is 0.952 bits per heavy atom. The number of rotatable bonds is 3. The minimum atomic E-state index is -0.207. The fraction of sp³-hybridized carbons (Fsp3) is 0.118. The van der Waals surface area contributed by atoms with Gasteiger partial charge in [0.2, 0.25) is 0 Å². The average molecular weight is 317 g/mol. The van der Waals surface area contributed by atoms with Gasteiger partial charge in [0, 0.05) is 33.9 Å². The average Bonchev–Trinajstić information content (AvgIpc) is 2.50. The maximum absolute atomic E-state index is 6.37. The smallest absolute Gasteiger partial charge is 0.0453 e. The molecule has 0 amide bonds. The number of nitrogens with two attached hydrogens (primary N) is 1. The van der Waals surface area contributed by atoms with E-state index in [0.29, 0.717) is 16.5 Å². The Morgan fingerprint density at radius 2 is 1.67 bits per heavy atom. The lowest BCUT2D eigenvalue weighted by Gasteiger charge is -2.16. The first-order valence-corrected chi connectivity index (χ1v) is 7.43. The van der Waals surface area contributed by atoms with E-state index in [1.54, 1.807) is 0 Å². The highest BCUT2D eigenvalue weighted by Gasteiger charge is 2.14. The topological polar surface area (TPSA) is 38.9 Å². The summed E-state index contributed by atoms with van der Waals surface area (Å²) >= 11 is 12.4. The van der Waals surface area contributed by atoms with Crippen molar-refractivity contribution in [1.82, 2.24) is 4.98 Å². The van der Waals surface area contributed by atoms with E-state index in [2.05, 4.69) is 11.1 Å². The summed E-state index contributed by atoms with van der Waals surface area (Å²) in [5.74, 6) is 0. The maximum Gasteiger partial charge on any atom is 0.0453 e. The summed E-state index contributed by atoms with van der Waals surface area (Å²) in [6.45, 7) is 0. The van der Waals surface area contributed by atoms with Crippen LogP contribution in [0.5, 0.6) is 0 Å². The highest BCUT2D eigenvalue weighted by molar-refractivity contribution is 6.36. The summed E-state index contributed by atoms with van der Waals surface area (Å²) in [5.41, 5.74) is 8.25. The summed E-state index contributed by atoms with van der Waals surface area (Å²) in [4.78, 5) is 4.27. The van der Waals surface area contributed by atoms with Crippen LogP contribution >= 0.6 is 23.2 Å². The molecule has 0 bridgehead atoms. The van der Waals surface area contributed by atoms with Crippen molar-refractivity contribution in [3.63, 3.8) is 0 Å². The van der Waals surface area contributed by atoms with Gasteiger partial charge in [0.1, 0.15) is 0 Å². The van der Waals surface area contributed by atoms with E-state index >= 15 is 0 Å². The Morgan fingerprint density at radius 3 is 2.43 bits per heavy atom. The number of nitrogens with zero attached hydrogens (tertiary/aromatic N) is 1. The number of pyridine rings is 1. The van der Waals surface area contributed by atoms with Gasteiger partial charge in [0.15, 0.2) is 0 Å². The molecule has 106 valence electrons. The third-order valence-electron chi connectivity index (χ3n) is 3.58. The molecule has 0 spiro atoms. The molecule has 1 atom stereocenters. The van der Waals surface area contributed by atoms with Crippen LogP contribution in [0.4, 0.5) is 0 Å². The molecule has 1 aromatic heterocycles. The number of benzene rings is 2. The molecular formula is C17H14Cl2N2. The quantitative estimate of drug-likeness (QED) is 0.755. The first-order valence-electron chi connectivity index (χ1n) is 6.68. The Balaban J connectivity index is 2.00. The van der Waals surface area contributed by atoms with Crippen molar-refractivity contribution in [2.24, 2.45) is 5.73 Å². The Labute approximate surface area is 133 Å². The molecule has 0 aliphatic rings. The highest BCUT2D eigenvalue weighted by Crippen LogP contribution is 2.30. The van der Waals surface area contributed by atoms with Crippen LogP contribution in [0.1, 0.15) is 17.2 Å². The minimum Gasteiger partial charge on any atom is -0.324 e. The van der Waals surface area contributed by atoms with Crippen molar-refractivity contribution < 1.29 is 0 Å². The van der Waals surface area contributed by atoms with E-state index in [0.717, 1.165) is 21.9 Å². The predicted octanol–water partition coefficient (Wildman–Crippen LogP) is 4.78. The van der Waals surface area contributed by atoms with Crippen LogP contribution in [0.2, 0.25) is 10.0 Å². The summed E-state index contributed by atoms with van der Waals surface area (Å²) in [5, 5.41) is 3.48. The van der Waals surface area contributed by atoms with Crippen LogP contribution in [-0.2, 0) is 6.42 Å². The molecule has 1 heterocycles. The third-order valence-corrected chi connectivity index (χ3v) is 4.29. The van der Waals surface area contributed by atoms with Gasteiger partial charge in [-0.3, -0.25) is 4.98 Å². The molecule has 2 N–H and O–H groups in total. The van der Waals surface area contributed by atoms with Crippen LogP contribution in [0.25, 0.3) is 10.8 Å². The highest BCUT2D eigenvalue weighted by atomic mass is 35.5. The first kappa shape index (κ1) is 14.3. The largest absolute Gasteiger partial charge is 0.324 e. The van der Waals surface area contributed by atoms with Gasteiger partial charge in [-0.1, -0.05) is 53.5 Å². The molecule has 0 radical (unpaired) electrons.